The van der Waals surface area contributed by atoms with Crippen LogP contribution in [0.3, 0.4) is 0 Å². The summed E-state index contributed by atoms with van der Waals surface area (Å²) in [6.07, 6.45) is 1.25. The monoisotopic (exact) mass is 187 g/mol. The summed E-state index contributed by atoms with van der Waals surface area (Å²) in [6.45, 7) is 12.8. The molecule has 0 aliphatic carbocycles. The molecule has 2 nitrogen and oxygen atoms in total. The van der Waals surface area contributed by atoms with Gasteiger partial charge in [-0.2, -0.15) is 0 Å². The Hall–Kier alpha value is -0.0800. The molecule has 0 heterocycles. The molecular formula is C11H25NO. The standard InChI is InChI=1S/C11H25NO/c1-6-13-10-9-12(5)8-7-11(2,3)4/h6-10H2,1-5H3. The van der Waals surface area contributed by atoms with Gasteiger partial charge in [0.15, 0.2) is 0 Å². The number of ether oxygens (including phenoxy) is 1. The second kappa shape index (κ2) is 6.39. The van der Waals surface area contributed by atoms with Gasteiger partial charge in [-0.25, -0.2) is 0 Å². The lowest BCUT2D eigenvalue weighted by atomic mass is 9.92. The second-order valence-corrected chi connectivity index (χ2v) is 4.81. The maximum Gasteiger partial charge on any atom is 0.0593 e. The molecule has 0 radical (unpaired) electrons. The molecule has 2 heteroatoms. The number of hydrogen-bond donors (Lipinski definition) is 0. The summed E-state index contributed by atoms with van der Waals surface area (Å²) in [5, 5.41) is 0. The Morgan fingerprint density at radius 1 is 1.15 bits per heavy atom. The minimum Gasteiger partial charge on any atom is -0.380 e. The quantitative estimate of drug-likeness (QED) is 0.592. The van der Waals surface area contributed by atoms with Crippen molar-refractivity contribution in [3.8, 4) is 0 Å². The highest BCUT2D eigenvalue weighted by atomic mass is 16.5. The van der Waals surface area contributed by atoms with E-state index in [9.17, 15) is 0 Å². The molecule has 0 unspecified atom stereocenters. The third kappa shape index (κ3) is 9.84. The first-order valence-corrected chi connectivity index (χ1v) is 5.22. The Balaban J connectivity index is 3.35. The Kier molecular flexibility index (Phi) is 6.35. The fourth-order valence-corrected chi connectivity index (χ4v) is 1.00. The Bertz CT molecular complexity index is 118. The molecule has 0 aromatic heterocycles. The maximum absolute atomic E-state index is 5.29. The van der Waals surface area contributed by atoms with Gasteiger partial charge in [0, 0.05) is 13.2 Å². The van der Waals surface area contributed by atoms with Crippen LogP contribution < -0.4 is 0 Å². The Morgan fingerprint density at radius 2 is 1.77 bits per heavy atom. The molecule has 0 aliphatic heterocycles. The van der Waals surface area contributed by atoms with Gasteiger partial charge < -0.3 is 9.64 Å². The van der Waals surface area contributed by atoms with E-state index in [1.54, 1.807) is 0 Å². The molecule has 0 saturated heterocycles. The maximum atomic E-state index is 5.29. The molecule has 0 amide bonds. The molecule has 80 valence electrons. The van der Waals surface area contributed by atoms with Crippen LogP contribution in [0.2, 0.25) is 0 Å². The Labute approximate surface area is 83.3 Å². The van der Waals surface area contributed by atoms with Crippen LogP contribution in [-0.4, -0.2) is 38.3 Å². The zero-order valence-corrected chi connectivity index (χ0v) is 9.89. The van der Waals surface area contributed by atoms with Crippen molar-refractivity contribution < 1.29 is 4.74 Å². The summed E-state index contributed by atoms with van der Waals surface area (Å²) >= 11 is 0. The predicted octanol–water partition coefficient (Wildman–Crippen LogP) is 2.39. The van der Waals surface area contributed by atoms with Gasteiger partial charge in [0.05, 0.1) is 6.61 Å². The van der Waals surface area contributed by atoms with E-state index >= 15 is 0 Å². The topological polar surface area (TPSA) is 12.5 Å². The number of likely N-dealkylation sites (N-methyl/N-ethyl adjacent to an activating group) is 1. The van der Waals surface area contributed by atoms with Crippen LogP contribution in [0.4, 0.5) is 0 Å². The lowest BCUT2D eigenvalue weighted by Gasteiger charge is -2.23. The molecule has 0 fully saturated rings. The second-order valence-electron chi connectivity index (χ2n) is 4.81. The highest BCUT2D eigenvalue weighted by Crippen LogP contribution is 2.18. The van der Waals surface area contributed by atoms with Gasteiger partial charge in [0.25, 0.3) is 0 Å². The molecule has 0 aliphatic rings. The van der Waals surface area contributed by atoms with Gasteiger partial charge in [0.1, 0.15) is 0 Å². The van der Waals surface area contributed by atoms with E-state index in [4.69, 9.17) is 4.74 Å². The van der Waals surface area contributed by atoms with Crippen molar-refractivity contribution in [1.29, 1.82) is 0 Å². The lowest BCUT2D eigenvalue weighted by Crippen LogP contribution is -2.27. The van der Waals surface area contributed by atoms with Crippen LogP contribution in [0.15, 0.2) is 0 Å². The van der Waals surface area contributed by atoms with Crippen LogP contribution in [-0.2, 0) is 4.74 Å². The summed E-state index contributed by atoms with van der Waals surface area (Å²) in [7, 11) is 2.16. The van der Waals surface area contributed by atoms with E-state index in [-0.39, 0.29) is 0 Å². The van der Waals surface area contributed by atoms with Crippen molar-refractivity contribution in [3.05, 3.63) is 0 Å². The van der Waals surface area contributed by atoms with Gasteiger partial charge in [0.2, 0.25) is 0 Å². The number of hydrogen-bond acceptors (Lipinski definition) is 2. The van der Waals surface area contributed by atoms with E-state index in [0.29, 0.717) is 5.41 Å². The zero-order valence-electron chi connectivity index (χ0n) is 9.89. The predicted molar refractivity (Wildman–Crippen MR) is 58.1 cm³/mol. The van der Waals surface area contributed by atoms with Gasteiger partial charge in [-0.05, 0) is 32.4 Å². The molecule has 0 saturated carbocycles. The van der Waals surface area contributed by atoms with E-state index in [1.165, 1.54) is 6.42 Å². The van der Waals surface area contributed by atoms with E-state index in [1.807, 2.05) is 6.92 Å². The van der Waals surface area contributed by atoms with E-state index in [0.717, 1.165) is 26.3 Å². The highest BCUT2D eigenvalue weighted by molar-refractivity contribution is 4.63. The molecule has 0 atom stereocenters. The molecule has 0 aromatic carbocycles. The summed E-state index contributed by atoms with van der Waals surface area (Å²) in [4.78, 5) is 2.33. The van der Waals surface area contributed by atoms with Crippen molar-refractivity contribution in [2.45, 2.75) is 34.1 Å². The first-order valence-electron chi connectivity index (χ1n) is 5.22. The lowest BCUT2D eigenvalue weighted by molar-refractivity contribution is 0.118. The van der Waals surface area contributed by atoms with Gasteiger partial charge in [-0.15, -0.1) is 0 Å². The largest absolute Gasteiger partial charge is 0.380 e. The van der Waals surface area contributed by atoms with Crippen LogP contribution >= 0.6 is 0 Å². The van der Waals surface area contributed by atoms with Crippen LogP contribution in [0.25, 0.3) is 0 Å². The molecule has 13 heavy (non-hydrogen) atoms. The van der Waals surface area contributed by atoms with Crippen molar-refractivity contribution >= 4 is 0 Å². The first-order chi connectivity index (χ1) is 5.95. The zero-order chi connectivity index (χ0) is 10.3. The molecule has 0 N–H and O–H groups in total. The SMILES string of the molecule is CCOCCN(C)CCC(C)(C)C. The third-order valence-electron chi connectivity index (χ3n) is 2.06. The highest BCUT2D eigenvalue weighted by Gasteiger charge is 2.10. The molecule has 0 aromatic rings. The minimum absolute atomic E-state index is 0.444. The van der Waals surface area contributed by atoms with Crippen LogP contribution in [0.1, 0.15) is 34.1 Å². The van der Waals surface area contributed by atoms with Gasteiger partial charge in [-0.3, -0.25) is 0 Å². The van der Waals surface area contributed by atoms with Crippen LogP contribution in [0.5, 0.6) is 0 Å². The van der Waals surface area contributed by atoms with E-state index < -0.39 is 0 Å². The molecular weight excluding hydrogens is 162 g/mol. The smallest absolute Gasteiger partial charge is 0.0593 e. The average Bonchev–Trinajstić information content (AvgIpc) is 2.00. The normalized spacial score (nSPS) is 12.5. The summed E-state index contributed by atoms with van der Waals surface area (Å²) in [6, 6.07) is 0. The number of nitrogens with zero attached hydrogens (tertiary/aromatic N) is 1. The summed E-state index contributed by atoms with van der Waals surface area (Å²) < 4.78 is 5.29. The molecule has 0 rings (SSSR count). The van der Waals surface area contributed by atoms with Crippen molar-refractivity contribution in [2.24, 2.45) is 5.41 Å². The Morgan fingerprint density at radius 3 is 2.23 bits per heavy atom. The van der Waals surface area contributed by atoms with Crippen molar-refractivity contribution in [3.63, 3.8) is 0 Å². The van der Waals surface area contributed by atoms with Gasteiger partial charge in [-0.1, -0.05) is 20.8 Å². The minimum atomic E-state index is 0.444. The van der Waals surface area contributed by atoms with Crippen molar-refractivity contribution in [2.75, 3.05) is 33.4 Å². The number of rotatable bonds is 6. The van der Waals surface area contributed by atoms with Gasteiger partial charge >= 0.3 is 0 Å². The summed E-state index contributed by atoms with van der Waals surface area (Å²) in [5.41, 5.74) is 0.444. The molecule has 0 bridgehead atoms. The third-order valence-corrected chi connectivity index (χ3v) is 2.06. The van der Waals surface area contributed by atoms with Crippen LogP contribution in [0, 0.1) is 5.41 Å². The fourth-order valence-electron chi connectivity index (χ4n) is 1.00. The van der Waals surface area contributed by atoms with E-state index in [2.05, 4.69) is 32.7 Å². The average molecular weight is 187 g/mol. The molecule has 0 spiro atoms. The summed E-state index contributed by atoms with van der Waals surface area (Å²) in [5.74, 6) is 0. The first kappa shape index (κ1) is 12.9. The van der Waals surface area contributed by atoms with Crippen molar-refractivity contribution in [1.82, 2.24) is 4.90 Å². The fraction of sp³-hybridized carbons (Fsp3) is 1.00.